The topological polar surface area (TPSA) is 59.4 Å². The van der Waals surface area contributed by atoms with Crippen LogP contribution in [0, 0.1) is 5.92 Å². The van der Waals surface area contributed by atoms with E-state index in [0.717, 1.165) is 11.3 Å². The van der Waals surface area contributed by atoms with Gasteiger partial charge in [0.1, 0.15) is 0 Å². The summed E-state index contributed by atoms with van der Waals surface area (Å²) in [5.74, 6) is 0.392. The minimum absolute atomic E-state index is 0.0121. The number of aromatic nitrogens is 1. The van der Waals surface area contributed by atoms with Crippen LogP contribution in [-0.4, -0.2) is 23.0 Å². The van der Waals surface area contributed by atoms with E-state index in [-0.39, 0.29) is 17.5 Å². The Kier molecular flexibility index (Phi) is 3.14. The lowest BCUT2D eigenvalue weighted by atomic mass is 9.99. The van der Waals surface area contributed by atoms with E-state index < -0.39 is 0 Å². The maximum atomic E-state index is 12.4. The molecule has 1 atom stereocenters. The number of aromatic hydroxyl groups is 1. The molecule has 102 valence electrons. The van der Waals surface area contributed by atoms with Crippen LogP contribution in [0.15, 0.2) is 36.5 Å². The maximum absolute atomic E-state index is 12.4. The van der Waals surface area contributed by atoms with E-state index in [1.54, 1.807) is 12.3 Å². The van der Waals surface area contributed by atoms with Crippen molar-refractivity contribution >= 4 is 5.78 Å². The van der Waals surface area contributed by atoms with Crippen LogP contribution in [0.3, 0.4) is 0 Å². The summed E-state index contributed by atoms with van der Waals surface area (Å²) in [6, 6.07) is 8.96. The zero-order chi connectivity index (χ0) is 14.1. The van der Waals surface area contributed by atoms with Gasteiger partial charge in [-0.2, -0.15) is 0 Å². The Morgan fingerprint density at radius 2 is 2.25 bits per heavy atom. The Morgan fingerprint density at radius 3 is 2.95 bits per heavy atom. The normalized spacial score (nSPS) is 17.1. The SMILES string of the molecule is COc1cc2c(cc1O)C(=O)C(Cc1ccccn1)C2. The second-order valence-electron chi connectivity index (χ2n) is 4.97. The molecule has 1 heterocycles. The zero-order valence-electron chi connectivity index (χ0n) is 11.2. The van der Waals surface area contributed by atoms with Gasteiger partial charge in [0.2, 0.25) is 0 Å². The number of carbonyl (C=O) groups excluding carboxylic acids is 1. The van der Waals surface area contributed by atoms with E-state index in [2.05, 4.69) is 4.98 Å². The molecular weight excluding hydrogens is 254 g/mol. The number of rotatable bonds is 3. The molecule has 3 rings (SSSR count). The fourth-order valence-corrected chi connectivity index (χ4v) is 2.69. The molecule has 4 heteroatoms. The molecule has 0 saturated carbocycles. The second-order valence-corrected chi connectivity index (χ2v) is 4.97. The van der Waals surface area contributed by atoms with Crippen molar-refractivity contribution in [2.45, 2.75) is 12.8 Å². The number of carbonyl (C=O) groups is 1. The highest BCUT2D eigenvalue weighted by molar-refractivity contribution is 6.03. The Hall–Kier alpha value is -2.36. The molecule has 1 aromatic heterocycles. The molecular formula is C16H15NO3. The van der Waals surface area contributed by atoms with Gasteiger partial charge in [-0.05, 0) is 36.2 Å². The molecule has 1 unspecified atom stereocenters. The fraction of sp³-hybridized carbons (Fsp3) is 0.250. The molecule has 2 aromatic rings. The Labute approximate surface area is 117 Å². The van der Waals surface area contributed by atoms with Crippen molar-refractivity contribution in [2.24, 2.45) is 5.92 Å². The number of phenolic OH excluding ortho intramolecular Hbond substituents is 1. The monoisotopic (exact) mass is 269 g/mol. The highest BCUT2D eigenvalue weighted by Gasteiger charge is 2.32. The van der Waals surface area contributed by atoms with Gasteiger partial charge in [0.25, 0.3) is 0 Å². The van der Waals surface area contributed by atoms with Crippen LogP contribution in [0.5, 0.6) is 11.5 Å². The molecule has 20 heavy (non-hydrogen) atoms. The lowest BCUT2D eigenvalue weighted by Gasteiger charge is -2.06. The van der Waals surface area contributed by atoms with E-state index >= 15 is 0 Å². The smallest absolute Gasteiger partial charge is 0.167 e. The first-order valence-corrected chi connectivity index (χ1v) is 6.53. The van der Waals surface area contributed by atoms with Crippen molar-refractivity contribution in [1.82, 2.24) is 4.98 Å². The molecule has 0 radical (unpaired) electrons. The average Bonchev–Trinajstić information content (AvgIpc) is 2.76. The number of nitrogens with zero attached hydrogens (tertiary/aromatic N) is 1. The van der Waals surface area contributed by atoms with Crippen molar-refractivity contribution in [3.8, 4) is 11.5 Å². The standard InChI is InChI=1S/C16H15NO3/c1-20-15-8-10-6-11(7-12-4-2-3-5-17-12)16(19)13(10)9-14(15)18/h2-5,8-9,11,18H,6-7H2,1H3. The van der Waals surface area contributed by atoms with Gasteiger partial charge in [-0.15, -0.1) is 0 Å². The number of hydrogen-bond acceptors (Lipinski definition) is 4. The predicted molar refractivity (Wildman–Crippen MR) is 74.1 cm³/mol. The third-order valence-corrected chi connectivity index (χ3v) is 3.69. The van der Waals surface area contributed by atoms with Crippen molar-refractivity contribution < 1.29 is 14.6 Å². The summed E-state index contributed by atoms with van der Waals surface area (Å²) < 4.78 is 5.09. The van der Waals surface area contributed by atoms with Crippen LogP contribution >= 0.6 is 0 Å². The van der Waals surface area contributed by atoms with Gasteiger partial charge in [-0.1, -0.05) is 6.07 Å². The minimum atomic E-state index is -0.105. The van der Waals surface area contributed by atoms with Crippen LogP contribution < -0.4 is 4.74 Å². The zero-order valence-corrected chi connectivity index (χ0v) is 11.2. The molecule has 0 saturated heterocycles. The van der Waals surface area contributed by atoms with Crippen molar-refractivity contribution in [3.05, 3.63) is 53.3 Å². The van der Waals surface area contributed by atoms with Gasteiger partial charge in [0.05, 0.1) is 7.11 Å². The predicted octanol–water partition coefficient (Wildman–Crippen LogP) is 2.39. The third kappa shape index (κ3) is 2.13. The number of ether oxygens (including phenoxy) is 1. The summed E-state index contributed by atoms with van der Waals surface area (Å²) in [6.07, 6.45) is 3.02. The summed E-state index contributed by atoms with van der Waals surface area (Å²) in [5, 5.41) is 9.78. The Morgan fingerprint density at radius 1 is 1.40 bits per heavy atom. The average molecular weight is 269 g/mol. The molecule has 1 aliphatic carbocycles. The van der Waals surface area contributed by atoms with Gasteiger partial charge < -0.3 is 9.84 Å². The molecule has 4 nitrogen and oxygen atoms in total. The molecule has 0 bridgehead atoms. The molecule has 1 aliphatic rings. The van der Waals surface area contributed by atoms with E-state index in [1.807, 2.05) is 18.2 Å². The number of fused-ring (bicyclic) bond motifs is 1. The van der Waals surface area contributed by atoms with Crippen molar-refractivity contribution in [2.75, 3.05) is 7.11 Å². The number of methoxy groups -OCH3 is 1. The van der Waals surface area contributed by atoms with E-state index in [0.29, 0.717) is 24.2 Å². The van der Waals surface area contributed by atoms with Crippen LogP contribution in [0.1, 0.15) is 21.6 Å². The van der Waals surface area contributed by atoms with Gasteiger partial charge in [-0.25, -0.2) is 0 Å². The molecule has 0 amide bonds. The highest BCUT2D eigenvalue weighted by Crippen LogP contribution is 2.36. The summed E-state index contributed by atoms with van der Waals surface area (Å²) in [6.45, 7) is 0. The molecule has 0 aliphatic heterocycles. The first-order chi connectivity index (χ1) is 9.69. The maximum Gasteiger partial charge on any atom is 0.167 e. The number of pyridine rings is 1. The number of phenols is 1. The van der Waals surface area contributed by atoms with E-state index in [9.17, 15) is 9.90 Å². The van der Waals surface area contributed by atoms with Crippen LogP contribution in [-0.2, 0) is 12.8 Å². The number of hydrogen-bond donors (Lipinski definition) is 1. The summed E-state index contributed by atoms with van der Waals surface area (Å²) in [5.41, 5.74) is 2.45. The van der Waals surface area contributed by atoms with Gasteiger partial charge >= 0.3 is 0 Å². The van der Waals surface area contributed by atoms with Gasteiger partial charge in [0.15, 0.2) is 17.3 Å². The molecule has 1 aromatic carbocycles. The number of ketones is 1. The van der Waals surface area contributed by atoms with Gasteiger partial charge in [-0.3, -0.25) is 9.78 Å². The fourth-order valence-electron chi connectivity index (χ4n) is 2.69. The lowest BCUT2D eigenvalue weighted by Crippen LogP contribution is -2.12. The van der Waals surface area contributed by atoms with E-state index in [1.165, 1.54) is 13.2 Å². The number of benzene rings is 1. The molecule has 1 N–H and O–H groups in total. The number of Topliss-reactive ketones (excluding diaryl/α,β-unsaturated/α-hetero) is 1. The molecule has 0 spiro atoms. The highest BCUT2D eigenvalue weighted by atomic mass is 16.5. The summed E-state index contributed by atoms with van der Waals surface area (Å²) in [4.78, 5) is 16.6. The molecule has 0 fully saturated rings. The van der Waals surface area contributed by atoms with Crippen molar-refractivity contribution in [3.63, 3.8) is 0 Å². The largest absolute Gasteiger partial charge is 0.504 e. The first kappa shape index (κ1) is 12.7. The Balaban J connectivity index is 1.87. The quantitative estimate of drug-likeness (QED) is 0.929. The summed E-state index contributed by atoms with van der Waals surface area (Å²) >= 11 is 0. The third-order valence-electron chi connectivity index (χ3n) is 3.69. The minimum Gasteiger partial charge on any atom is -0.504 e. The Bertz CT molecular complexity index is 652. The van der Waals surface area contributed by atoms with Crippen LogP contribution in [0.2, 0.25) is 0 Å². The van der Waals surface area contributed by atoms with E-state index in [4.69, 9.17) is 4.74 Å². The van der Waals surface area contributed by atoms with Crippen LogP contribution in [0.4, 0.5) is 0 Å². The summed E-state index contributed by atoms with van der Waals surface area (Å²) in [7, 11) is 1.50. The first-order valence-electron chi connectivity index (χ1n) is 6.53. The van der Waals surface area contributed by atoms with Crippen LogP contribution in [0.25, 0.3) is 0 Å². The van der Waals surface area contributed by atoms with Crippen molar-refractivity contribution in [1.29, 1.82) is 0 Å². The van der Waals surface area contributed by atoms with Gasteiger partial charge in [0, 0.05) is 29.8 Å². The second kappa shape index (κ2) is 4.96. The lowest BCUT2D eigenvalue weighted by molar-refractivity contribution is 0.0935.